The number of hydrogen-bond acceptors (Lipinski definition) is 5. The third-order valence-electron chi connectivity index (χ3n) is 4.30. The van der Waals surface area contributed by atoms with Crippen LogP contribution in [0.2, 0.25) is 0 Å². The van der Waals surface area contributed by atoms with E-state index in [1.165, 1.54) is 5.56 Å². The molecule has 0 spiro atoms. The maximum Gasteiger partial charge on any atom is 0.187 e. The van der Waals surface area contributed by atoms with E-state index in [1.807, 2.05) is 5.38 Å². The van der Waals surface area contributed by atoms with Crippen molar-refractivity contribution in [1.82, 2.24) is 15.2 Å². The minimum atomic E-state index is 0.839. The van der Waals surface area contributed by atoms with Crippen molar-refractivity contribution in [1.29, 1.82) is 0 Å². The molecule has 0 amide bonds. The van der Waals surface area contributed by atoms with E-state index in [2.05, 4.69) is 78.7 Å². The lowest BCUT2D eigenvalue weighted by Gasteiger charge is -2.07. The van der Waals surface area contributed by atoms with E-state index in [1.54, 1.807) is 11.3 Å². The third-order valence-corrected chi connectivity index (χ3v) is 5.05. The summed E-state index contributed by atoms with van der Waals surface area (Å²) in [5, 5.41) is 16.2. The molecular formula is C20H18N4S. The first-order chi connectivity index (χ1) is 12.1. The van der Waals surface area contributed by atoms with Crippen LogP contribution in [0.4, 0.5) is 10.8 Å². The predicted molar refractivity (Wildman–Crippen MR) is 105 cm³/mol. The van der Waals surface area contributed by atoms with Gasteiger partial charge in [0.1, 0.15) is 11.4 Å². The molecule has 2 heterocycles. The van der Waals surface area contributed by atoms with E-state index in [-0.39, 0.29) is 0 Å². The van der Waals surface area contributed by atoms with Gasteiger partial charge in [0.05, 0.1) is 5.52 Å². The average Bonchev–Trinajstić information content (AvgIpc) is 3.06. The van der Waals surface area contributed by atoms with Crippen molar-refractivity contribution in [2.24, 2.45) is 0 Å². The molecule has 0 bridgehead atoms. The van der Waals surface area contributed by atoms with E-state index in [4.69, 9.17) is 4.98 Å². The zero-order chi connectivity index (χ0) is 17.4. The molecule has 2 aromatic heterocycles. The van der Waals surface area contributed by atoms with Crippen LogP contribution >= 0.6 is 11.3 Å². The molecule has 0 fully saturated rings. The third kappa shape index (κ3) is 2.98. The molecule has 5 heteroatoms. The SMILES string of the molecule is Cc1ccc(Nc2nc(-c3nnc4c(C)cccc4c3C)cs2)cc1. The molecule has 2 aromatic carbocycles. The van der Waals surface area contributed by atoms with E-state index in [0.717, 1.165) is 44.2 Å². The van der Waals surface area contributed by atoms with Gasteiger partial charge in [-0.3, -0.25) is 0 Å². The molecule has 4 nitrogen and oxygen atoms in total. The Morgan fingerprint density at radius 2 is 1.72 bits per heavy atom. The fourth-order valence-corrected chi connectivity index (χ4v) is 3.56. The fourth-order valence-electron chi connectivity index (χ4n) is 2.84. The smallest absolute Gasteiger partial charge is 0.187 e. The molecule has 0 aliphatic rings. The second kappa shape index (κ2) is 6.26. The Kier molecular flexibility index (Phi) is 3.93. The minimum absolute atomic E-state index is 0.839. The summed E-state index contributed by atoms with van der Waals surface area (Å²) >= 11 is 1.57. The van der Waals surface area contributed by atoms with Crippen LogP contribution in [0.3, 0.4) is 0 Å². The number of rotatable bonds is 3. The lowest BCUT2D eigenvalue weighted by Crippen LogP contribution is -1.96. The quantitative estimate of drug-likeness (QED) is 0.538. The monoisotopic (exact) mass is 346 g/mol. The number of anilines is 2. The Labute approximate surface area is 150 Å². The number of nitrogens with zero attached hydrogens (tertiary/aromatic N) is 3. The van der Waals surface area contributed by atoms with Crippen LogP contribution in [0.25, 0.3) is 22.3 Å². The van der Waals surface area contributed by atoms with Gasteiger partial charge in [0.15, 0.2) is 5.13 Å². The van der Waals surface area contributed by atoms with Gasteiger partial charge in [0, 0.05) is 16.5 Å². The van der Waals surface area contributed by atoms with Crippen LogP contribution < -0.4 is 5.32 Å². The minimum Gasteiger partial charge on any atom is -0.332 e. The van der Waals surface area contributed by atoms with Gasteiger partial charge in [-0.2, -0.15) is 0 Å². The van der Waals surface area contributed by atoms with E-state index in [9.17, 15) is 0 Å². The molecule has 0 aliphatic carbocycles. The van der Waals surface area contributed by atoms with Gasteiger partial charge < -0.3 is 5.32 Å². The van der Waals surface area contributed by atoms with Crippen LogP contribution in [0.15, 0.2) is 47.8 Å². The molecule has 124 valence electrons. The summed E-state index contributed by atoms with van der Waals surface area (Å²) in [4.78, 5) is 4.69. The molecular weight excluding hydrogens is 328 g/mol. The Bertz CT molecular complexity index is 1050. The molecule has 0 saturated carbocycles. The standard InChI is InChI=1S/C20H18N4S/c1-12-7-9-15(10-8-12)21-20-22-17(11-25-20)19-14(3)16-6-4-5-13(2)18(16)23-24-19/h4-11H,1-3H3,(H,21,22). The lowest BCUT2D eigenvalue weighted by atomic mass is 10.0. The van der Waals surface area contributed by atoms with Gasteiger partial charge in [0.2, 0.25) is 0 Å². The Morgan fingerprint density at radius 3 is 2.52 bits per heavy atom. The van der Waals surface area contributed by atoms with Gasteiger partial charge in [-0.1, -0.05) is 35.9 Å². The predicted octanol–water partition coefficient (Wildman–Crippen LogP) is 5.42. The normalized spacial score (nSPS) is 11.0. The summed E-state index contributed by atoms with van der Waals surface area (Å²) in [6.45, 7) is 6.22. The number of aryl methyl sites for hydroxylation is 3. The zero-order valence-electron chi connectivity index (χ0n) is 14.4. The highest BCUT2D eigenvalue weighted by atomic mass is 32.1. The summed E-state index contributed by atoms with van der Waals surface area (Å²) in [5.41, 5.74) is 7.17. The van der Waals surface area contributed by atoms with Crippen molar-refractivity contribution in [2.75, 3.05) is 5.32 Å². The Balaban J connectivity index is 1.69. The van der Waals surface area contributed by atoms with E-state index in [0.29, 0.717) is 0 Å². The molecule has 25 heavy (non-hydrogen) atoms. The van der Waals surface area contributed by atoms with Crippen LogP contribution in [0.1, 0.15) is 16.7 Å². The van der Waals surface area contributed by atoms with Crippen molar-refractivity contribution in [3.63, 3.8) is 0 Å². The largest absolute Gasteiger partial charge is 0.332 e. The summed E-state index contributed by atoms with van der Waals surface area (Å²) < 4.78 is 0. The van der Waals surface area contributed by atoms with Gasteiger partial charge in [0.25, 0.3) is 0 Å². The first-order valence-electron chi connectivity index (χ1n) is 8.14. The van der Waals surface area contributed by atoms with E-state index < -0.39 is 0 Å². The second-order valence-corrected chi connectivity index (χ2v) is 7.03. The Morgan fingerprint density at radius 1 is 0.920 bits per heavy atom. The first-order valence-corrected chi connectivity index (χ1v) is 9.02. The van der Waals surface area contributed by atoms with Crippen molar-refractivity contribution in [3.8, 4) is 11.4 Å². The molecule has 4 rings (SSSR count). The molecule has 0 unspecified atom stereocenters. The number of aromatic nitrogens is 3. The highest BCUT2D eigenvalue weighted by Gasteiger charge is 2.13. The van der Waals surface area contributed by atoms with Gasteiger partial charge >= 0.3 is 0 Å². The van der Waals surface area contributed by atoms with Gasteiger partial charge in [-0.25, -0.2) is 4.98 Å². The summed E-state index contributed by atoms with van der Waals surface area (Å²) in [7, 11) is 0. The maximum absolute atomic E-state index is 4.69. The number of fused-ring (bicyclic) bond motifs is 1. The van der Waals surface area contributed by atoms with Gasteiger partial charge in [-0.15, -0.1) is 21.5 Å². The van der Waals surface area contributed by atoms with E-state index >= 15 is 0 Å². The number of hydrogen-bond donors (Lipinski definition) is 1. The summed E-state index contributed by atoms with van der Waals surface area (Å²) in [6.07, 6.45) is 0. The van der Waals surface area contributed by atoms with Crippen LogP contribution in [-0.2, 0) is 0 Å². The number of nitrogens with one attached hydrogen (secondary N) is 1. The molecule has 0 radical (unpaired) electrons. The topological polar surface area (TPSA) is 50.7 Å². The van der Waals surface area contributed by atoms with Crippen molar-refractivity contribution in [3.05, 3.63) is 64.5 Å². The zero-order valence-corrected chi connectivity index (χ0v) is 15.2. The highest BCUT2D eigenvalue weighted by molar-refractivity contribution is 7.14. The second-order valence-electron chi connectivity index (χ2n) is 6.17. The highest BCUT2D eigenvalue weighted by Crippen LogP contribution is 2.30. The Hall–Kier alpha value is -2.79. The van der Waals surface area contributed by atoms with Crippen molar-refractivity contribution < 1.29 is 0 Å². The molecule has 4 aromatic rings. The maximum atomic E-state index is 4.69. The van der Waals surface area contributed by atoms with Crippen LogP contribution in [0, 0.1) is 20.8 Å². The van der Waals surface area contributed by atoms with Crippen LogP contribution in [-0.4, -0.2) is 15.2 Å². The molecule has 0 atom stereocenters. The summed E-state index contributed by atoms with van der Waals surface area (Å²) in [6, 6.07) is 14.5. The van der Waals surface area contributed by atoms with Gasteiger partial charge in [-0.05, 0) is 44.0 Å². The lowest BCUT2D eigenvalue weighted by molar-refractivity contribution is 1.05. The van der Waals surface area contributed by atoms with Crippen LogP contribution in [0.5, 0.6) is 0 Å². The van der Waals surface area contributed by atoms with Crippen molar-refractivity contribution in [2.45, 2.75) is 20.8 Å². The first kappa shape index (κ1) is 15.7. The average molecular weight is 346 g/mol. The fraction of sp³-hybridized carbons (Fsp3) is 0.150. The summed E-state index contributed by atoms with van der Waals surface area (Å²) in [5.74, 6) is 0. The molecule has 0 saturated heterocycles. The molecule has 0 aliphatic heterocycles. The number of benzene rings is 2. The molecule has 1 N–H and O–H groups in total. The number of thiazole rings is 1. The van der Waals surface area contributed by atoms with Crippen molar-refractivity contribution >= 4 is 33.1 Å².